The first-order valence-corrected chi connectivity index (χ1v) is 33.1. The summed E-state index contributed by atoms with van der Waals surface area (Å²) in [5, 5.41) is 5.02. The number of aryl methyl sites for hydroxylation is 4. The first-order valence-electron chi connectivity index (χ1n) is 32.3. The van der Waals surface area contributed by atoms with Gasteiger partial charge in [0.15, 0.2) is 0 Å². The average Bonchev–Trinajstić information content (AvgIpc) is 0.800. The molecule has 2 fully saturated rings. The molecule has 2 saturated heterocycles. The van der Waals surface area contributed by atoms with E-state index in [-0.39, 0.29) is 83.0 Å². The lowest BCUT2D eigenvalue weighted by atomic mass is 9.92. The molecule has 4 heterocycles. The molecular formula is C72H84Cl2F8N6O8. The Kier molecular flexibility index (Phi) is 26.3. The molecule has 2 aromatic heterocycles. The third-order valence-corrected chi connectivity index (χ3v) is 17.8. The zero-order valence-electron chi connectivity index (χ0n) is 55.7. The molecule has 6 aromatic rings. The smallest absolute Gasteiger partial charge is 0.416 e. The Morgan fingerprint density at radius 1 is 0.542 bits per heavy atom. The Balaban J connectivity index is 0.000000271. The van der Waals surface area contributed by atoms with Crippen molar-refractivity contribution in [3.63, 3.8) is 0 Å². The maximum absolute atomic E-state index is 15.8. The van der Waals surface area contributed by atoms with Crippen molar-refractivity contribution in [2.24, 2.45) is 11.8 Å². The monoisotopic (exact) mass is 1380 g/mol. The van der Waals surface area contributed by atoms with Gasteiger partial charge in [-0.1, -0.05) is 87.3 Å². The van der Waals surface area contributed by atoms with Crippen molar-refractivity contribution < 1.29 is 63.8 Å². The molecule has 8 rings (SSSR count). The Hall–Kier alpha value is -7.40. The van der Waals surface area contributed by atoms with Crippen LogP contribution in [0.3, 0.4) is 0 Å². The summed E-state index contributed by atoms with van der Waals surface area (Å²) in [6.07, 6.45) is -6.03. The first kappa shape index (κ1) is 76.0. The number of carbonyl (C=O) groups is 4. The second kappa shape index (κ2) is 33.2. The van der Waals surface area contributed by atoms with E-state index in [9.17, 15) is 55.1 Å². The van der Waals surface area contributed by atoms with Gasteiger partial charge in [0.25, 0.3) is 11.1 Å². The number of nitrogens with one attached hydrogen (secondary N) is 2. The summed E-state index contributed by atoms with van der Waals surface area (Å²) in [5.41, 5.74) is 1.96. The van der Waals surface area contributed by atoms with Crippen LogP contribution in [0, 0.1) is 51.2 Å². The van der Waals surface area contributed by atoms with E-state index >= 15 is 8.78 Å². The molecule has 0 saturated carbocycles. The molecule has 96 heavy (non-hydrogen) atoms. The molecule has 2 unspecified atom stereocenters. The minimum atomic E-state index is -4.76. The van der Waals surface area contributed by atoms with Crippen molar-refractivity contribution in [2.45, 2.75) is 157 Å². The number of aromatic nitrogens is 2. The van der Waals surface area contributed by atoms with Gasteiger partial charge in [-0.3, -0.25) is 28.8 Å². The number of benzene rings is 4. The number of hydrogen-bond donors (Lipinski definition) is 2. The van der Waals surface area contributed by atoms with E-state index in [4.69, 9.17) is 32.7 Å². The fourth-order valence-electron chi connectivity index (χ4n) is 12.3. The number of halogens is 10. The summed E-state index contributed by atoms with van der Waals surface area (Å²) in [7, 11) is 0. The van der Waals surface area contributed by atoms with Crippen molar-refractivity contribution in [2.75, 3.05) is 52.5 Å². The van der Waals surface area contributed by atoms with Gasteiger partial charge < -0.3 is 39.0 Å². The van der Waals surface area contributed by atoms with Gasteiger partial charge in [-0.15, -0.1) is 0 Å². The highest BCUT2D eigenvalue weighted by Gasteiger charge is 2.39. The normalized spacial score (nSPS) is 14.8. The number of esters is 2. The minimum Gasteiger partial charge on any atom is -0.466 e. The van der Waals surface area contributed by atoms with Crippen LogP contribution in [0.5, 0.6) is 0 Å². The number of hydrogen-bond acceptors (Lipinski definition) is 10. The van der Waals surface area contributed by atoms with Crippen LogP contribution in [0.15, 0.2) is 94.8 Å². The third kappa shape index (κ3) is 19.5. The summed E-state index contributed by atoms with van der Waals surface area (Å²) in [6, 6.07) is 13.4. The van der Waals surface area contributed by atoms with Crippen molar-refractivity contribution in [3.8, 4) is 22.3 Å². The summed E-state index contributed by atoms with van der Waals surface area (Å²) in [5.74, 6) is -4.97. The molecule has 520 valence electrons. The van der Waals surface area contributed by atoms with Gasteiger partial charge in [0.05, 0.1) is 59.3 Å². The quantitative estimate of drug-likeness (QED) is 0.0395. The number of amides is 2. The number of carbonyl (C=O) groups excluding carboxylic acids is 4. The van der Waals surface area contributed by atoms with Crippen LogP contribution in [-0.4, -0.2) is 95.2 Å². The number of rotatable bonds is 26. The molecule has 2 aliphatic heterocycles. The Morgan fingerprint density at radius 2 is 0.875 bits per heavy atom. The lowest BCUT2D eigenvalue weighted by Crippen LogP contribution is -2.41. The second-order valence-corrected chi connectivity index (χ2v) is 26.3. The van der Waals surface area contributed by atoms with E-state index in [0.717, 1.165) is 93.9 Å². The third-order valence-electron chi connectivity index (χ3n) is 17.3. The molecule has 0 radical (unpaired) electrons. The van der Waals surface area contributed by atoms with E-state index in [0.29, 0.717) is 36.3 Å². The van der Waals surface area contributed by atoms with Crippen LogP contribution in [-0.2, 0) is 53.8 Å². The number of ether oxygens (including phenoxy) is 2. The van der Waals surface area contributed by atoms with Crippen molar-refractivity contribution in [1.29, 1.82) is 0 Å². The first-order chi connectivity index (χ1) is 45.2. The van der Waals surface area contributed by atoms with Gasteiger partial charge in [0.2, 0.25) is 11.8 Å². The van der Waals surface area contributed by atoms with Crippen LogP contribution in [0.25, 0.3) is 22.3 Å². The van der Waals surface area contributed by atoms with E-state index < -0.39 is 107 Å². The lowest BCUT2D eigenvalue weighted by molar-refractivity contribution is -0.145. The van der Waals surface area contributed by atoms with Gasteiger partial charge in [0, 0.05) is 48.7 Å². The van der Waals surface area contributed by atoms with E-state index in [1.54, 1.807) is 13.8 Å². The highest BCUT2D eigenvalue weighted by atomic mass is 35.5. The Labute approximate surface area is 564 Å². The predicted molar refractivity (Wildman–Crippen MR) is 355 cm³/mol. The highest BCUT2D eigenvalue weighted by Crippen LogP contribution is 2.40. The Bertz CT molecular complexity index is 3610. The van der Waals surface area contributed by atoms with Crippen LogP contribution in [0.4, 0.5) is 35.1 Å². The standard InChI is InChI=1S/2C36H42ClF4N3O4/c2*1-6-48-32(46)19-29(26-16-25(17-28(37)34(26)38)33-22(4)9-7-10-23(33)5)42-35(47)30(15-21(2)3)44-20-24(11-14-43-12-8-13-43)27(18-31(44)45)36(39,40)41/h2*7,9-10,16-18,20-21,29-30H,6,8,11-15,19H2,1-5H3,(H,42,47)/t2*29-,30?/m00/s1. The van der Waals surface area contributed by atoms with Crippen molar-refractivity contribution >= 4 is 47.0 Å². The topological polar surface area (TPSA) is 161 Å². The Morgan fingerprint density at radius 3 is 1.16 bits per heavy atom. The largest absolute Gasteiger partial charge is 0.466 e. The summed E-state index contributed by atoms with van der Waals surface area (Å²) >= 11 is 12.8. The summed E-state index contributed by atoms with van der Waals surface area (Å²) in [6.45, 7) is 22.0. The van der Waals surface area contributed by atoms with Crippen LogP contribution < -0.4 is 21.8 Å². The second-order valence-electron chi connectivity index (χ2n) is 25.5. The molecule has 4 aromatic carbocycles. The highest BCUT2D eigenvalue weighted by molar-refractivity contribution is 6.31. The van der Waals surface area contributed by atoms with Gasteiger partial charge >= 0.3 is 24.3 Å². The zero-order valence-corrected chi connectivity index (χ0v) is 57.2. The lowest BCUT2D eigenvalue weighted by Gasteiger charge is -2.31. The van der Waals surface area contributed by atoms with Crippen LogP contribution in [0.2, 0.25) is 10.0 Å². The van der Waals surface area contributed by atoms with Crippen LogP contribution in [0.1, 0.15) is 160 Å². The van der Waals surface area contributed by atoms with E-state index in [1.807, 2.05) is 102 Å². The van der Waals surface area contributed by atoms with Gasteiger partial charge in [-0.25, -0.2) is 8.78 Å². The summed E-state index contributed by atoms with van der Waals surface area (Å²) < 4.78 is 128. The minimum absolute atomic E-state index is 0.0332. The van der Waals surface area contributed by atoms with Crippen LogP contribution >= 0.6 is 23.2 Å². The number of nitrogens with zero attached hydrogens (tertiary/aromatic N) is 4. The summed E-state index contributed by atoms with van der Waals surface area (Å²) in [4.78, 5) is 84.4. The maximum Gasteiger partial charge on any atom is 0.416 e. The number of pyridine rings is 2. The van der Waals surface area contributed by atoms with Crippen molar-refractivity contribution in [3.05, 3.63) is 183 Å². The molecule has 4 atom stereocenters. The fraction of sp³-hybridized carbons (Fsp3) is 0.472. The SMILES string of the molecule is CCOC(=O)C[C@H](NC(=O)C(CC(C)C)n1cc(CCN2CCC2)c(C(F)(F)F)cc1=O)c1cc(-c2c(C)cccc2C)cc(Cl)c1F.CCOC(=O)C[C@H](NC(=O)C(CC(C)C)n1cc(CCN2CCC2)c(C(F)(F)F)cc1=O)c1cc(-c2c(C)cccc2C)cc(Cl)c1F. The molecule has 2 amide bonds. The van der Waals surface area contributed by atoms with E-state index in [1.165, 1.54) is 24.3 Å². The van der Waals surface area contributed by atoms with Gasteiger partial charge in [-0.05, 0) is 198 Å². The molecule has 14 nitrogen and oxygen atoms in total. The van der Waals surface area contributed by atoms with Gasteiger partial charge in [0.1, 0.15) is 23.7 Å². The molecule has 2 N–H and O–H groups in total. The maximum atomic E-state index is 15.8. The fourth-order valence-corrected chi connectivity index (χ4v) is 12.7. The average molecular weight is 1380 g/mol. The molecule has 0 aliphatic carbocycles. The molecule has 0 bridgehead atoms. The van der Waals surface area contributed by atoms with Gasteiger partial charge in [-0.2, -0.15) is 26.3 Å². The molecule has 0 spiro atoms. The van der Waals surface area contributed by atoms with E-state index in [2.05, 4.69) is 10.6 Å². The molecule has 24 heteroatoms. The predicted octanol–water partition coefficient (Wildman–Crippen LogP) is 15.2. The zero-order chi connectivity index (χ0) is 70.7. The number of likely N-dealkylation sites (tertiary alicyclic amines) is 2. The number of alkyl halides is 6. The van der Waals surface area contributed by atoms with Crippen molar-refractivity contribution in [1.82, 2.24) is 29.6 Å². The molecular weight excluding hydrogens is 1300 g/mol. The molecule has 2 aliphatic rings.